The van der Waals surface area contributed by atoms with Crippen molar-refractivity contribution in [1.29, 1.82) is 0 Å². The van der Waals surface area contributed by atoms with Gasteiger partial charge in [0, 0.05) is 31.2 Å². The molecule has 0 spiro atoms. The smallest absolute Gasteiger partial charge is 0.250 e. The number of benzene rings is 2. The van der Waals surface area contributed by atoms with Crippen LogP contribution in [0, 0.1) is 0 Å². The van der Waals surface area contributed by atoms with Crippen molar-refractivity contribution in [2.75, 3.05) is 29.7 Å². The molecular weight excluding hydrogens is 384 g/mol. The second-order valence-corrected chi connectivity index (χ2v) is 6.47. The summed E-state index contributed by atoms with van der Waals surface area (Å²) in [6.07, 6.45) is 0.258. The average molecular weight is 408 g/mol. The van der Waals surface area contributed by atoms with Crippen molar-refractivity contribution in [3.8, 4) is 0 Å². The molecule has 1 amide bonds. The average Bonchev–Trinajstić information content (AvgIpc) is 2.73. The van der Waals surface area contributed by atoms with Gasteiger partial charge in [0.2, 0.25) is 11.9 Å². The fourth-order valence-corrected chi connectivity index (χ4v) is 2.72. The lowest BCUT2D eigenvalue weighted by Gasteiger charge is -2.15. The van der Waals surface area contributed by atoms with Crippen molar-refractivity contribution < 1.29 is 14.6 Å². The Morgan fingerprint density at radius 1 is 1.17 bits per heavy atom. The van der Waals surface area contributed by atoms with E-state index in [1.807, 2.05) is 36.4 Å². The van der Waals surface area contributed by atoms with Gasteiger partial charge in [0.1, 0.15) is 18.7 Å². The molecule has 2 aromatic carbocycles. The van der Waals surface area contributed by atoms with Gasteiger partial charge in [-0.2, -0.15) is 4.98 Å². The van der Waals surface area contributed by atoms with Gasteiger partial charge in [-0.3, -0.25) is 4.79 Å². The highest BCUT2D eigenvalue weighted by atomic mass is 16.5. The van der Waals surface area contributed by atoms with Gasteiger partial charge in [-0.05, 0) is 23.8 Å². The van der Waals surface area contributed by atoms with E-state index in [1.54, 1.807) is 18.2 Å². The Bertz CT molecular complexity index is 981. The van der Waals surface area contributed by atoms with Crippen molar-refractivity contribution in [2.45, 2.75) is 12.8 Å². The largest absolute Gasteiger partial charge is 0.375 e. The number of nitrogens with zero attached hydrogens (tertiary/aromatic N) is 2. The number of ether oxygens (including phenoxy) is 1. The Morgan fingerprint density at radius 3 is 2.67 bits per heavy atom. The van der Waals surface area contributed by atoms with Gasteiger partial charge in [-0.1, -0.05) is 36.4 Å². The van der Waals surface area contributed by atoms with Crippen molar-refractivity contribution >= 4 is 29.0 Å². The van der Waals surface area contributed by atoms with Gasteiger partial charge in [-0.25, -0.2) is 4.98 Å². The number of methoxy groups -OCH3 is 1. The number of aromatic nitrogens is 2. The molecule has 1 unspecified atom stereocenters. The third kappa shape index (κ3) is 5.98. The Kier molecular flexibility index (Phi) is 7.28. The maximum Gasteiger partial charge on any atom is 0.250 e. The van der Waals surface area contributed by atoms with Crippen LogP contribution in [0.4, 0.5) is 23.1 Å². The molecule has 0 aliphatic heterocycles. The Hall–Kier alpha value is -3.53. The van der Waals surface area contributed by atoms with Crippen LogP contribution < -0.4 is 21.7 Å². The minimum Gasteiger partial charge on any atom is -0.375 e. The van der Waals surface area contributed by atoms with Crippen LogP contribution in [0.5, 0.6) is 0 Å². The van der Waals surface area contributed by atoms with E-state index in [2.05, 4.69) is 25.9 Å². The number of carbonyl (C=O) groups excluding carboxylic acids is 1. The second-order valence-electron chi connectivity index (χ2n) is 6.47. The minimum absolute atomic E-state index is 0.0277. The predicted molar refractivity (Wildman–Crippen MR) is 115 cm³/mol. The topological polar surface area (TPSA) is 134 Å². The van der Waals surface area contributed by atoms with Crippen LogP contribution in [0.3, 0.4) is 0 Å². The number of aliphatic hydroxyl groups excluding tert-OH is 1. The minimum atomic E-state index is -1.21. The number of hydrogen-bond acceptors (Lipinski definition) is 8. The van der Waals surface area contributed by atoms with E-state index in [9.17, 15) is 9.90 Å². The Labute approximate surface area is 174 Å². The molecule has 0 fully saturated rings. The maximum absolute atomic E-state index is 11.7. The third-order valence-corrected chi connectivity index (χ3v) is 4.12. The molecule has 156 valence electrons. The standard InChI is InChI=1S/C21H24N6O3/c1-30-13-18(28)25-15-8-5-9-16(10-15)26-21-24-12-17(19(22)29)20(27-21)23-11-14-6-3-2-4-7-14/h2-10,12,19,29H,11,13,22H2,1H3,(H,25,28)(H2,23,24,26,27). The number of hydrogen-bond donors (Lipinski definition) is 5. The van der Waals surface area contributed by atoms with Crippen LogP contribution in [0.1, 0.15) is 17.4 Å². The molecule has 0 saturated heterocycles. The van der Waals surface area contributed by atoms with Crippen molar-refractivity contribution in [3.63, 3.8) is 0 Å². The summed E-state index contributed by atoms with van der Waals surface area (Å²) in [5.74, 6) is 0.491. The first-order chi connectivity index (χ1) is 14.5. The van der Waals surface area contributed by atoms with Gasteiger partial charge < -0.3 is 31.5 Å². The van der Waals surface area contributed by atoms with E-state index in [0.717, 1.165) is 5.56 Å². The molecular formula is C21H24N6O3. The monoisotopic (exact) mass is 408 g/mol. The molecule has 1 heterocycles. The van der Waals surface area contributed by atoms with Gasteiger partial charge in [0.05, 0.1) is 5.56 Å². The zero-order chi connectivity index (χ0) is 21.3. The van der Waals surface area contributed by atoms with Crippen LogP contribution in [0.25, 0.3) is 0 Å². The highest BCUT2D eigenvalue weighted by molar-refractivity contribution is 5.92. The van der Waals surface area contributed by atoms with E-state index in [-0.39, 0.29) is 12.5 Å². The molecule has 9 heteroatoms. The first kappa shape index (κ1) is 21.2. The molecule has 9 nitrogen and oxygen atoms in total. The normalized spacial score (nSPS) is 11.6. The number of carbonyl (C=O) groups is 1. The quantitative estimate of drug-likeness (QED) is 0.341. The first-order valence-corrected chi connectivity index (χ1v) is 9.29. The fraction of sp³-hybridized carbons (Fsp3) is 0.190. The molecule has 3 rings (SSSR count). The number of nitrogens with one attached hydrogen (secondary N) is 3. The molecule has 0 bridgehead atoms. The second kappa shape index (κ2) is 10.3. The van der Waals surface area contributed by atoms with Crippen LogP contribution in [0.2, 0.25) is 0 Å². The SMILES string of the molecule is COCC(=O)Nc1cccc(Nc2ncc(C(N)O)c(NCc3ccccc3)n2)c1. The summed E-state index contributed by atoms with van der Waals surface area (Å²) in [6, 6.07) is 16.9. The number of anilines is 4. The van der Waals surface area contributed by atoms with Crippen LogP contribution in [-0.4, -0.2) is 34.7 Å². The molecule has 6 N–H and O–H groups in total. The Morgan fingerprint density at radius 2 is 1.93 bits per heavy atom. The number of rotatable bonds is 9. The highest BCUT2D eigenvalue weighted by Gasteiger charge is 2.13. The molecule has 1 atom stereocenters. The van der Waals surface area contributed by atoms with Crippen LogP contribution in [0.15, 0.2) is 60.8 Å². The summed E-state index contributed by atoms with van der Waals surface area (Å²) in [5, 5.41) is 18.8. The fourth-order valence-electron chi connectivity index (χ4n) is 2.72. The summed E-state index contributed by atoms with van der Waals surface area (Å²) < 4.78 is 4.82. The maximum atomic E-state index is 11.7. The van der Waals surface area contributed by atoms with Gasteiger partial charge in [0.15, 0.2) is 0 Å². The molecule has 0 aliphatic rings. The van der Waals surface area contributed by atoms with E-state index < -0.39 is 6.23 Å². The summed E-state index contributed by atoms with van der Waals surface area (Å²) in [7, 11) is 1.46. The van der Waals surface area contributed by atoms with Crippen molar-refractivity contribution in [3.05, 3.63) is 71.9 Å². The summed E-state index contributed by atoms with van der Waals surface area (Å²) >= 11 is 0. The third-order valence-electron chi connectivity index (χ3n) is 4.12. The van der Waals surface area contributed by atoms with Crippen molar-refractivity contribution in [1.82, 2.24) is 9.97 Å². The predicted octanol–water partition coefficient (Wildman–Crippen LogP) is 2.37. The number of amides is 1. The van der Waals surface area contributed by atoms with Crippen LogP contribution in [-0.2, 0) is 16.1 Å². The molecule has 3 aromatic rings. The zero-order valence-corrected chi connectivity index (χ0v) is 16.5. The Balaban J connectivity index is 1.75. The van der Waals surface area contributed by atoms with E-state index in [0.29, 0.717) is 35.2 Å². The van der Waals surface area contributed by atoms with E-state index in [4.69, 9.17) is 10.5 Å². The molecule has 30 heavy (non-hydrogen) atoms. The molecule has 0 radical (unpaired) electrons. The van der Waals surface area contributed by atoms with Crippen LogP contribution >= 0.6 is 0 Å². The summed E-state index contributed by atoms with van der Waals surface area (Å²) in [5.41, 5.74) is 8.38. The van der Waals surface area contributed by atoms with E-state index in [1.165, 1.54) is 13.3 Å². The highest BCUT2D eigenvalue weighted by Crippen LogP contribution is 2.23. The lowest BCUT2D eigenvalue weighted by molar-refractivity contribution is -0.119. The first-order valence-electron chi connectivity index (χ1n) is 9.29. The summed E-state index contributed by atoms with van der Waals surface area (Å²) in [6.45, 7) is 0.484. The van der Waals surface area contributed by atoms with Gasteiger partial charge in [0.25, 0.3) is 0 Å². The number of aliphatic hydroxyl groups is 1. The van der Waals surface area contributed by atoms with Crippen molar-refractivity contribution in [2.24, 2.45) is 5.73 Å². The molecule has 1 aromatic heterocycles. The summed E-state index contributed by atoms with van der Waals surface area (Å²) in [4.78, 5) is 20.4. The number of nitrogens with two attached hydrogens (primary N) is 1. The van der Waals surface area contributed by atoms with Gasteiger partial charge >= 0.3 is 0 Å². The zero-order valence-electron chi connectivity index (χ0n) is 16.5. The van der Waals surface area contributed by atoms with Gasteiger partial charge in [-0.15, -0.1) is 0 Å². The lowest BCUT2D eigenvalue weighted by atomic mass is 10.2. The molecule has 0 saturated carbocycles. The van der Waals surface area contributed by atoms with E-state index >= 15 is 0 Å². The molecule has 0 aliphatic carbocycles. The lowest BCUT2D eigenvalue weighted by Crippen LogP contribution is -2.17.